The van der Waals surface area contributed by atoms with Crippen LogP contribution >= 0.6 is 0 Å². The number of quaternary nitrogens is 2. The summed E-state index contributed by atoms with van der Waals surface area (Å²) in [5, 5.41) is 10.6. The number of aliphatic hydroxyl groups excluding tert-OH is 1. The first-order valence-corrected chi connectivity index (χ1v) is 13.6. The number of benzene rings is 2. The number of hydrogen-bond acceptors (Lipinski definition) is 10. The normalized spacial score (nSPS) is 16.4. The molecule has 2 aromatic rings. The van der Waals surface area contributed by atoms with Crippen LogP contribution in [0.5, 0.6) is 40.2 Å². The summed E-state index contributed by atoms with van der Waals surface area (Å²) < 4.78 is 43.3. The van der Waals surface area contributed by atoms with E-state index in [4.69, 9.17) is 37.9 Å². The van der Waals surface area contributed by atoms with E-state index >= 15 is 0 Å². The quantitative estimate of drug-likeness (QED) is 0.120. The number of halogens is 2. The van der Waals surface area contributed by atoms with E-state index in [0.717, 1.165) is 39.1 Å². The Bertz CT molecular complexity index is 1080. The Morgan fingerprint density at radius 2 is 1.21 bits per heavy atom. The largest absolute Gasteiger partial charge is 1.00 e. The maximum Gasteiger partial charge on any atom is 0.338 e. The Morgan fingerprint density at radius 1 is 0.744 bits per heavy atom. The first kappa shape index (κ1) is 38.0. The van der Waals surface area contributed by atoms with Crippen LogP contribution in [0.1, 0.15) is 16.8 Å². The standard InChI is InChI=1S/C29H42N2O10.2ClH/c1-34-23-14-20(15-24(35-2)27(23)38-5)29(33)40-13-7-8-30-9-11-31(12-10-30)18-21(32)19-41-22-16-25(36-3)28(39-6)26(17-22)37-4;;/h14-17,21,32H,7-13,18-19H2,1-6H3;2*1H. The Labute approximate surface area is 265 Å². The van der Waals surface area contributed by atoms with Crippen LogP contribution in [0.4, 0.5) is 0 Å². The Hall–Kier alpha value is -3.03. The van der Waals surface area contributed by atoms with Gasteiger partial charge in [-0.3, -0.25) is 0 Å². The van der Waals surface area contributed by atoms with Crippen LogP contribution in [-0.2, 0) is 4.74 Å². The summed E-state index contributed by atoms with van der Waals surface area (Å²) in [5.41, 5.74) is 0.344. The number of rotatable bonds is 16. The van der Waals surface area contributed by atoms with Gasteiger partial charge in [0.1, 0.15) is 51.2 Å². The summed E-state index contributed by atoms with van der Waals surface area (Å²) in [6.45, 7) is 5.85. The van der Waals surface area contributed by atoms with E-state index in [2.05, 4.69) is 0 Å². The molecule has 0 aromatic heterocycles. The SMILES string of the molecule is COc1cc(OCC(O)C[NH+]2CC[NH+](CCCOC(=O)c3cc(OC)c(OC)c(OC)c3)CC2)cc(OC)c1OC.[Cl-].[Cl-]. The van der Waals surface area contributed by atoms with Crippen molar-refractivity contribution in [2.75, 3.05) is 95.1 Å². The molecule has 0 radical (unpaired) electrons. The molecule has 2 aromatic carbocycles. The van der Waals surface area contributed by atoms with Crippen LogP contribution in [-0.4, -0.2) is 112 Å². The topological polar surface area (TPSA) is 120 Å². The van der Waals surface area contributed by atoms with Crippen LogP contribution in [0.25, 0.3) is 0 Å². The molecule has 0 spiro atoms. The fraction of sp³-hybridized carbons (Fsp3) is 0.552. The zero-order chi connectivity index (χ0) is 29.8. The third-order valence-electron chi connectivity index (χ3n) is 7.08. The third-order valence-corrected chi connectivity index (χ3v) is 7.08. The summed E-state index contributed by atoms with van der Waals surface area (Å²) in [4.78, 5) is 15.4. The van der Waals surface area contributed by atoms with Gasteiger partial charge < -0.3 is 77.6 Å². The van der Waals surface area contributed by atoms with Gasteiger partial charge in [0.05, 0.1) is 61.4 Å². The van der Waals surface area contributed by atoms with Crippen molar-refractivity contribution in [2.24, 2.45) is 0 Å². The summed E-state index contributed by atoms with van der Waals surface area (Å²) >= 11 is 0. The number of carbonyl (C=O) groups excluding carboxylic acids is 1. The van der Waals surface area contributed by atoms with Gasteiger partial charge in [-0.25, -0.2) is 4.79 Å². The summed E-state index contributed by atoms with van der Waals surface area (Å²) in [6, 6.07) is 6.60. The lowest BCUT2D eigenvalue weighted by Crippen LogP contribution is -3.28. The van der Waals surface area contributed by atoms with Gasteiger partial charge in [-0.1, -0.05) is 0 Å². The van der Waals surface area contributed by atoms with Gasteiger partial charge in [-0.15, -0.1) is 0 Å². The highest BCUT2D eigenvalue weighted by atomic mass is 35.5. The molecule has 12 nitrogen and oxygen atoms in total. The number of hydrogen-bond donors (Lipinski definition) is 3. The smallest absolute Gasteiger partial charge is 0.338 e. The molecule has 0 aliphatic carbocycles. The molecule has 1 unspecified atom stereocenters. The molecule has 0 bridgehead atoms. The van der Waals surface area contributed by atoms with Gasteiger partial charge in [0, 0.05) is 18.6 Å². The molecule has 1 fully saturated rings. The van der Waals surface area contributed by atoms with Crippen LogP contribution in [0.3, 0.4) is 0 Å². The van der Waals surface area contributed by atoms with E-state index in [0.29, 0.717) is 59.0 Å². The molecular formula is C29H44Cl2N2O10. The minimum Gasteiger partial charge on any atom is -1.00 e. The molecular weight excluding hydrogens is 607 g/mol. The molecule has 1 heterocycles. The lowest BCUT2D eigenvalue weighted by atomic mass is 10.2. The second-order valence-electron chi connectivity index (χ2n) is 9.68. The van der Waals surface area contributed by atoms with Gasteiger partial charge >= 0.3 is 5.97 Å². The Kier molecular flexibility index (Phi) is 17.0. The summed E-state index contributed by atoms with van der Waals surface area (Å²) in [7, 11) is 9.16. The lowest BCUT2D eigenvalue weighted by molar-refractivity contribution is -1.01. The van der Waals surface area contributed by atoms with Crippen molar-refractivity contribution in [3.63, 3.8) is 0 Å². The highest BCUT2D eigenvalue weighted by Gasteiger charge is 2.25. The number of esters is 1. The van der Waals surface area contributed by atoms with Crippen molar-refractivity contribution < 1.29 is 82.4 Å². The Morgan fingerprint density at radius 3 is 1.67 bits per heavy atom. The van der Waals surface area contributed by atoms with Crippen molar-refractivity contribution in [3.8, 4) is 40.2 Å². The van der Waals surface area contributed by atoms with Gasteiger partial charge in [0.2, 0.25) is 11.5 Å². The van der Waals surface area contributed by atoms with E-state index in [1.54, 1.807) is 45.6 Å². The zero-order valence-corrected chi connectivity index (χ0v) is 27.1. The minimum atomic E-state index is -0.611. The number of aliphatic hydroxyl groups is 1. The van der Waals surface area contributed by atoms with Crippen molar-refractivity contribution in [1.29, 1.82) is 0 Å². The van der Waals surface area contributed by atoms with Gasteiger partial charge in [-0.2, -0.15) is 0 Å². The van der Waals surface area contributed by atoms with E-state index in [1.807, 2.05) is 0 Å². The predicted octanol–water partition coefficient (Wildman–Crippen LogP) is -6.48. The molecule has 1 aliphatic rings. The minimum absolute atomic E-state index is 0. The third kappa shape index (κ3) is 10.6. The predicted molar refractivity (Wildman–Crippen MR) is 150 cm³/mol. The molecule has 1 atom stereocenters. The van der Waals surface area contributed by atoms with E-state index in [-0.39, 0.29) is 31.4 Å². The molecule has 3 rings (SSSR count). The van der Waals surface area contributed by atoms with Gasteiger partial charge in [0.15, 0.2) is 23.0 Å². The average Bonchev–Trinajstić information content (AvgIpc) is 3.01. The van der Waals surface area contributed by atoms with Crippen molar-refractivity contribution in [2.45, 2.75) is 12.5 Å². The molecule has 43 heavy (non-hydrogen) atoms. The van der Waals surface area contributed by atoms with E-state index in [1.165, 1.54) is 31.1 Å². The van der Waals surface area contributed by atoms with Crippen LogP contribution < -0.4 is 67.8 Å². The maximum absolute atomic E-state index is 12.6. The monoisotopic (exact) mass is 650 g/mol. The summed E-state index contributed by atoms with van der Waals surface area (Å²) in [5.74, 6) is 2.82. The number of piperazine rings is 1. The fourth-order valence-electron chi connectivity index (χ4n) is 4.91. The number of nitrogens with one attached hydrogen (secondary N) is 2. The molecule has 14 heteroatoms. The second-order valence-corrected chi connectivity index (χ2v) is 9.68. The van der Waals surface area contributed by atoms with E-state index in [9.17, 15) is 9.90 Å². The molecule has 244 valence electrons. The molecule has 1 saturated heterocycles. The Balaban J connectivity index is 0.00000462. The average molecular weight is 652 g/mol. The molecule has 0 saturated carbocycles. The first-order chi connectivity index (χ1) is 19.9. The first-order valence-electron chi connectivity index (χ1n) is 13.6. The molecule has 1 aliphatic heterocycles. The van der Waals surface area contributed by atoms with Crippen molar-refractivity contribution in [3.05, 3.63) is 29.8 Å². The molecule has 0 amide bonds. The van der Waals surface area contributed by atoms with E-state index < -0.39 is 12.1 Å². The van der Waals surface area contributed by atoms with Gasteiger partial charge in [0.25, 0.3) is 0 Å². The fourth-order valence-corrected chi connectivity index (χ4v) is 4.91. The van der Waals surface area contributed by atoms with Gasteiger partial charge in [-0.05, 0) is 12.1 Å². The van der Waals surface area contributed by atoms with Crippen molar-refractivity contribution >= 4 is 5.97 Å². The van der Waals surface area contributed by atoms with Crippen LogP contribution in [0.15, 0.2) is 24.3 Å². The van der Waals surface area contributed by atoms with Crippen LogP contribution in [0, 0.1) is 0 Å². The number of methoxy groups -OCH3 is 6. The second kappa shape index (κ2) is 19.3. The maximum atomic E-state index is 12.6. The zero-order valence-electron chi connectivity index (χ0n) is 25.6. The lowest BCUT2D eigenvalue weighted by Gasteiger charge is -2.30. The molecule has 3 N–H and O–H groups in total. The van der Waals surface area contributed by atoms with Crippen LogP contribution in [0.2, 0.25) is 0 Å². The number of ether oxygens (including phenoxy) is 8. The number of carbonyl (C=O) groups is 1. The van der Waals surface area contributed by atoms with Crippen molar-refractivity contribution in [1.82, 2.24) is 0 Å². The highest BCUT2D eigenvalue weighted by molar-refractivity contribution is 5.91. The highest BCUT2D eigenvalue weighted by Crippen LogP contribution is 2.41. The summed E-state index contributed by atoms with van der Waals surface area (Å²) in [6.07, 6.45) is 0.145.